The molecule has 5 nitrogen and oxygen atoms in total. The van der Waals surface area contributed by atoms with Crippen molar-refractivity contribution in [2.24, 2.45) is 0 Å². The maximum absolute atomic E-state index is 11.6. The number of aromatic amines is 1. The third-order valence-electron chi connectivity index (χ3n) is 2.77. The van der Waals surface area contributed by atoms with Gasteiger partial charge in [-0.2, -0.15) is 0 Å². The van der Waals surface area contributed by atoms with Gasteiger partial charge in [-0.15, -0.1) is 0 Å². The van der Waals surface area contributed by atoms with Gasteiger partial charge >= 0.3 is 0 Å². The molecular weight excluding hydrogens is 298 g/mol. The fourth-order valence-corrected chi connectivity index (χ4v) is 3.00. The molecule has 2 rings (SSSR count). The molecule has 0 spiro atoms. The molecule has 1 aromatic heterocycles. The molecule has 0 aliphatic carbocycles. The summed E-state index contributed by atoms with van der Waals surface area (Å²) in [5.74, 6) is 0.670. The number of nitrogens with zero attached hydrogens (tertiary/aromatic N) is 2. The predicted molar refractivity (Wildman–Crippen MR) is 74.0 cm³/mol. The van der Waals surface area contributed by atoms with Crippen LogP contribution in [0.15, 0.2) is 15.6 Å². The number of aromatic nitrogens is 2. The first-order valence-electron chi connectivity index (χ1n) is 5.89. The third-order valence-corrected chi connectivity index (χ3v) is 3.49. The highest BCUT2D eigenvalue weighted by atomic mass is 79.9. The zero-order valence-corrected chi connectivity index (χ0v) is 12.7. The van der Waals surface area contributed by atoms with Gasteiger partial charge in [-0.1, -0.05) is 0 Å². The molecule has 0 atom stereocenters. The van der Waals surface area contributed by atoms with E-state index in [4.69, 9.17) is 4.74 Å². The average Bonchev–Trinajstić information content (AvgIpc) is 2.17. The van der Waals surface area contributed by atoms with E-state index in [0.717, 1.165) is 0 Å². The molecule has 0 unspecified atom stereocenters. The van der Waals surface area contributed by atoms with Crippen molar-refractivity contribution in [1.82, 2.24) is 9.97 Å². The Kier molecular flexibility index (Phi) is 3.27. The smallest absolute Gasteiger partial charge is 0.267 e. The van der Waals surface area contributed by atoms with Gasteiger partial charge in [-0.25, -0.2) is 4.98 Å². The summed E-state index contributed by atoms with van der Waals surface area (Å²) in [5, 5.41) is 0. The first kappa shape index (κ1) is 13.5. The van der Waals surface area contributed by atoms with Gasteiger partial charge in [-0.3, -0.25) is 4.79 Å². The Morgan fingerprint density at radius 3 is 2.44 bits per heavy atom. The highest BCUT2D eigenvalue weighted by Gasteiger charge is 2.39. The molecule has 1 saturated heterocycles. The number of morpholine rings is 1. The monoisotopic (exact) mass is 315 g/mol. The summed E-state index contributed by atoms with van der Waals surface area (Å²) in [6, 6.07) is 0. The lowest BCUT2D eigenvalue weighted by molar-refractivity contribution is -0.133. The van der Waals surface area contributed by atoms with E-state index < -0.39 is 0 Å². The number of anilines is 1. The van der Waals surface area contributed by atoms with Crippen LogP contribution in [0.4, 0.5) is 5.82 Å². The molecule has 1 aromatic rings. The van der Waals surface area contributed by atoms with E-state index >= 15 is 0 Å². The molecule has 0 saturated carbocycles. The molecule has 0 radical (unpaired) electrons. The standard InChI is InChI=1S/C12H18BrN3O2/c1-11(2)5-16(6-12(3,4)18-11)9-8(13)10(17)15-7-14-9/h7H,5-6H2,1-4H3,(H,14,15,17). The van der Waals surface area contributed by atoms with Gasteiger partial charge in [0.05, 0.1) is 17.5 Å². The van der Waals surface area contributed by atoms with Crippen molar-refractivity contribution in [3.8, 4) is 0 Å². The Morgan fingerprint density at radius 2 is 1.89 bits per heavy atom. The minimum Gasteiger partial charge on any atom is -0.366 e. The zero-order chi connectivity index (χ0) is 13.6. The normalized spacial score (nSPS) is 21.9. The lowest BCUT2D eigenvalue weighted by Gasteiger charge is -2.47. The first-order chi connectivity index (χ1) is 8.20. The molecular formula is C12H18BrN3O2. The molecule has 0 amide bonds. The lowest BCUT2D eigenvalue weighted by Crippen LogP contribution is -2.57. The second-order valence-electron chi connectivity index (χ2n) is 5.85. The lowest BCUT2D eigenvalue weighted by atomic mass is 9.99. The summed E-state index contributed by atoms with van der Waals surface area (Å²) in [7, 11) is 0. The minimum absolute atomic E-state index is 0.165. The van der Waals surface area contributed by atoms with Crippen LogP contribution in [-0.2, 0) is 4.74 Å². The van der Waals surface area contributed by atoms with E-state index in [1.54, 1.807) is 0 Å². The summed E-state index contributed by atoms with van der Waals surface area (Å²) in [5.41, 5.74) is -0.709. The van der Waals surface area contributed by atoms with E-state index in [1.807, 2.05) is 27.7 Å². The molecule has 0 aromatic carbocycles. The van der Waals surface area contributed by atoms with Crippen molar-refractivity contribution in [2.75, 3.05) is 18.0 Å². The van der Waals surface area contributed by atoms with Crippen LogP contribution in [-0.4, -0.2) is 34.3 Å². The highest BCUT2D eigenvalue weighted by Crippen LogP contribution is 2.32. The molecule has 1 N–H and O–H groups in total. The van der Waals surface area contributed by atoms with Crippen molar-refractivity contribution in [1.29, 1.82) is 0 Å². The van der Waals surface area contributed by atoms with Crippen LogP contribution < -0.4 is 10.5 Å². The van der Waals surface area contributed by atoms with Crippen LogP contribution in [0.2, 0.25) is 0 Å². The Bertz CT molecular complexity index is 494. The topological polar surface area (TPSA) is 58.2 Å². The van der Waals surface area contributed by atoms with Crippen molar-refractivity contribution in [3.05, 3.63) is 21.2 Å². The molecule has 18 heavy (non-hydrogen) atoms. The van der Waals surface area contributed by atoms with Gasteiger partial charge in [0.15, 0.2) is 5.82 Å². The van der Waals surface area contributed by atoms with Crippen LogP contribution in [0.3, 0.4) is 0 Å². The molecule has 1 aliphatic heterocycles. The van der Waals surface area contributed by atoms with E-state index in [0.29, 0.717) is 23.4 Å². The van der Waals surface area contributed by atoms with Gasteiger partial charge in [0.2, 0.25) is 0 Å². The Morgan fingerprint density at radius 1 is 1.33 bits per heavy atom. The van der Waals surface area contributed by atoms with E-state index in [1.165, 1.54) is 6.33 Å². The van der Waals surface area contributed by atoms with Gasteiger partial charge < -0.3 is 14.6 Å². The van der Waals surface area contributed by atoms with Crippen LogP contribution in [0, 0.1) is 0 Å². The third kappa shape index (κ3) is 2.75. The van der Waals surface area contributed by atoms with Gasteiger partial charge in [-0.05, 0) is 43.6 Å². The van der Waals surface area contributed by atoms with Gasteiger partial charge in [0.25, 0.3) is 5.56 Å². The number of H-pyrrole nitrogens is 1. The van der Waals surface area contributed by atoms with Crippen molar-refractivity contribution in [2.45, 2.75) is 38.9 Å². The number of hydrogen-bond donors (Lipinski definition) is 1. The SMILES string of the molecule is CC1(C)CN(c2nc[nH]c(=O)c2Br)CC(C)(C)O1. The summed E-state index contributed by atoms with van der Waals surface area (Å²) in [4.78, 5) is 20.5. The number of rotatable bonds is 1. The summed E-state index contributed by atoms with van der Waals surface area (Å²) in [6.07, 6.45) is 1.43. The molecule has 2 heterocycles. The van der Waals surface area contributed by atoms with Crippen LogP contribution in [0.1, 0.15) is 27.7 Å². The summed E-state index contributed by atoms with van der Waals surface area (Å²) >= 11 is 3.30. The van der Waals surface area contributed by atoms with Crippen molar-refractivity contribution >= 4 is 21.7 Å². The number of halogens is 1. The quantitative estimate of drug-likeness (QED) is 0.860. The summed E-state index contributed by atoms with van der Waals surface area (Å²) < 4.78 is 6.48. The van der Waals surface area contributed by atoms with Crippen LogP contribution in [0.5, 0.6) is 0 Å². The molecule has 0 bridgehead atoms. The highest BCUT2D eigenvalue weighted by molar-refractivity contribution is 9.10. The second-order valence-corrected chi connectivity index (χ2v) is 6.64. The van der Waals surface area contributed by atoms with Gasteiger partial charge in [0, 0.05) is 13.1 Å². The Hall–Kier alpha value is -0.880. The predicted octanol–water partition coefficient (Wildman–Crippen LogP) is 1.93. The molecule has 1 aliphatic rings. The van der Waals surface area contributed by atoms with Crippen LogP contribution >= 0.6 is 15.9 Å². The van der Waals surface area contributed by atoms with E-state index in [2.05, 4.69) is 30.8 Å². The number of nitrogens with one attached hydrogen (secondary N) is 1. The Labute approximate surface area is 115 Å². The summed E-state index contributed by atoms with van der Waals surface area (Å²) in [6.45, 7) is 9.57. The maximum atomic E-state index is 11.6. The number of hydrogen-bond acceptors (Lipinski definition) is 4. The molecule has 1 fully saturated rings. The van der Waals surface area contributed by atoms with Gasteiger partial charge in [0.1, 0.15) is 4.47 Å². The first-order valence-corrected chi connectivity index (χ1v) is 6.68. The molecule has 6 heteroatoms. The van der Waals surface area contributed by atoms with Crippen LogP contribution in [0.25, 0.3) is 0 Å². The van der Waals surface area contributed by atoms with E-state index in [-0.39, 0.29) is 16.8 Å². The second kappa shape index (κ2) is 4.35. The van der Waals surface area contributed by atoms with E-state index in [9.17, 15) is 4.79 Å². The fraction of sp³-hybridized carbons (Fsp3) is 0.667. The van der Waals surface area contributed by atoms with Crippen molar-refractivity contribution < 1.29 is 4.74 Å². The maximum Gasteiger partial charge on any atom is 0.267 e. The molecule has 100 valence electrons. The van der Waals surface area contributed by atoms with Crippen molar-refractivity contribution in [3.63, 3.8) is 0 Å². The number of ether oxygens (including phenoxy) is 1. The Balaban J connectivity index is 2.39. The fourth-order valence-electron chi connectivity index (χ4n) is 2.53. The average molecular weight is 316 g/mol. The largest absolute Gasteiger partial charge is 0.366 e. The zero-order valence-electron chi connectivity index (χ0n) is 11.1. The minimum atomic E-state index is -0.272.